The number of carboxylic acids is 1. The number of hydrogen-bond donors (Lipinski definition) is 2. The molecule has 0 atom stereocenters. The Labute approximate surface area is 129 Å². The molecule has 0 spiro atoms. The highest BCUT2D eigenvalue weighted by Crippen LogP contribution is 2.35. The largest absolute Gasteiger partial charge is 0.481 e. The van der Waals surface area contributed by atoms with E-state index in [0.29, 0.717) is 18.4 Å². The minimum absolute atomic E-state index is 0.0509. The summed E-state index contributed by atoms with van der Waals surface area (Å²) in [6.07, 6.45) is 2.49. The number of rotatable bonds is 7. The lowest BCUT2D eigenvalue weighted by molar-refractivity contribution is -0.140. The molecule has 22 heavy (non-hydrogen) atoms. The van der Waals surface area contributed by atoms with Crippen LogP contribution in [-0.4, -0.2) is 28.3 Å². The normalized spacial score (nSPS) is 15.7. The van der Waals surface area contributed by atoms with Crippen LogP contribution >= 0.6 is 0 Å². The fourth-order valence-corrected chi connectivity index (χ4v) is 2.71. The second kappa shape index (κ2) is 6.73. The van der Waals surface area contributed by atoms with Crippen molar-refractivity contribution >= 4 is 17.7 Å². The average molecular weight is 303 g/mol. The van der Waals surface area contributed by atoms with E-state index in [-0.39, 0.29) is 31.0 Å². The molecule has 1 aromatic rings. The van der Waals surface area contributed by atoms with Crippen molar-refractivity contribution in [2.24, 2.45) is 0 Å². The van der Waals surface area contributed by atoms with E-state index in [1.807, 2.05) is 19.1 Å². The fourth-order valence-electron chi connectivity index (χ4n) is 2.71. The highest BCUT2D eigenvalue weighted by Gasteiger charge is 2.40. The molecule has 118 valence electrons. The van der Waals surface area contributed by atoms with Crippen molar-refractivity contribution in [3.05, 3.63) is 35.4 Å². The zero-order valence-corrected chi connectivity index (χ0v) is 12.7. The number of carboxylic acid groups (broad SMARTS) is 1. The second-order valence-corrected chi connectivity index (χ2v) is 6.04. The molecule has 1 saturated carbocycles. The van der Waals surface area contributed by atoms with E-state index in [4.69, 9.17) is 5.11 Å². The van der Waals surface area contributed by atoms with Gasteiger partial charge in [0.15, 0.2) is 5.78 Å². The molecule has 1 aliphatic carbocycles. The summed E-state index contributed by atoms with van der Waals surface area (Å²) in [7, 11) is 0. The fraction of sp³-hybridized carbons (Fsp3) is 0.471. The van der Waals surface area contributed by atoms with Crippen LogP contribution in [0.5, 0.6) is 0 Å². The smallest absolute Gasteiger partial charge is 0.305 e. The summed E-state index contributed by atoms with van der Waals surface area (Å²) < 4.78 is 0. The van der Waals surface area contributed by atoms with E-state index in [9.17, 15) is 14.4 Å². The third-order valence-electron chi connectivity index (χ3n) is 4.16. The van der Waals surface area contributed by atoms with Crippen LogP contribution in [0.1, 0.15) is 54.4 Å². The molecular formula is C17H21NO4. The Morgan fingerprint density at radius 1 is 1.14 bits per heavy atom. The summed E-state index contributed by atoms with van der Waals surface area (Å²) in [5, 5.41) is 11.7. The van der Waals surface area contributed by atoms with Crippen molar-refractivity contribution in [1.82, 2.24) is 5.32 Å². The van der Waals surface area contributed by atoms with Crippen LogP contribution in [-0.2, 0) is 9.59 Å². The second-order valence-electron chi connectivity index (χ2n) is 6.04. The number of nitrogens with one attached hydrogen (secondary N) is 1. The van der Waals surface area contributed by atoms with Crippen molar-refractivity contribution in [2.75, 3.05) is 0 Å². The first-order valence-corrected chi connectivity index (χ1v) is 7.53. The van der Waals surface area contributed by atoms with Gasteiger partial charge >= 0.3 is 5.97 Å². The van der Waals surface area contributed by atoms with Gasteiger partial charge in [-0.3, -0.25) is 14.4 Å². The van der Waals surface area contributed by atoms with Crippen LogP contribution in [0.2, 0.25) is 0 Å². The first kappa shape index (κ1) is 16.2. The molecule has 0 bridgehead atoms. The number of carbonyl (C=O) groups is 3. The first-order chi connectivity index (χ1) is 10.4. The summed E-state index contributed by atoms with van der Waals surface area (Å²) in [5.74, 6) is -1.23. The minimum Gasteiger partial charge on any atom is -0.481 e. The molecule has 1 aliphatic rings. The lowest BCUT2D eigenvalue weighted by Crippen LogP contribution is -2.54. The molecule has 2 N–H and O–H groups in total. The molecule has 0 unspecified atom stereocenters. The summed E-state index contributed by atoms with van der Waals surface area (Å²) in [5.41, 5.74) is 1.08. The number of amides is 1. The van der Waals surface area contributed by atoms with Crippen LogP contribution < -0.4 is 5.32 Å². The van der Waals surface area contributed by atoms with Gasteiger partial charge in [-0.1, -0.05) is 29.8 Å². The van der Waals surface area contributed by atoms with E-state index >= 15 is 0 Å². The Balaban J connectivity index is 1.83. The first-order valence-electron chi connectivity index (χ1n) is 7.53. The Morgan fingerprint density at radius 3 is 2.27 bits per heavy atom. The summed E-state index contributed by atoms with van der Waals surface area (Å²) in [6, 6.07) is 7.24. The Kier molecular flexibility index (Phi) is 4.96. The van der Waals surface area contributed by atoms with Crippen molar-refractivity contribution in [3.63, 3.8) is 0 Å². The van der Waals surface area contributed by atoms with Gasteiger partial charge in [-0.2, -0.15) is 0 Å². The van der Waals surface area contributed by atoms with Crippen LogP contribution in [0.25, 0.3) is 0 Å². The van der Waals surface area contributed by atoms with E-state index < -0.39 is 11.5 Å². The number of aryl methyl sites for hydroxylation is 1. The molecule has 5 nitrogen and oxygen atoms in total. The molecule has 0 heterocycles. The lowest BCUT2D eigenvalue weighted by Gasteiger charge is -2.41. The molecule has 1 amide bonds. The van der Waals surface area contributed by atoms with E-state index in [1.165, 1.54) is 0 Å². The van der Waals surface area contributed by atoms with Gasteiger partial charge < -0.3 is 10.4 Å². The summed E-state index contributed by atoms with van der Waals surface area (Å²) in [6.45, 7) is 1.95. The maximum absolute atomic E-state index is 12.0. The summed E-state index contributed by atoms with van der Waals surface area (Å²) in [4.78, 5) is 34.8. The number of ketones is 1. The van der Waals surface area contributed by atoms with Crippen LogP contribution in [0.15, 0.2) is 24.3 Å². The van der Waals surface area contributed by atoms with Gasteiger partial charge in [-0.25, -0.2) is 0 Å². The zero-order chi connectivity index (χ0) is 16.2. The molecule has 0 radical (unpaired) electrons. The Morgan fingerprint density at radius 2 is 1.77 bits per heavy atom. The maximum Gasteiger partial charge on any atom is 0.305 e. The number of benzene rings is 1. The standard InChI is InChI=1S/C17H21NO4/c1-12-3-5-13(6-4-12)14(19)7-8-15(20)18-17(9-2-10-17)11-16(21)22/h3-6H,2,7-11H2,1H3,(H,18,20)(H,21,22). The van der Waals surface area contributed by atoms with E-state index in [0.717, 1.165) is 12.0 Å². The molecule has 1 aromatic carbocycles. The molecule has 0 aliphatic heterocycles. The average Bonchev–Trinajstić information content (AvgIpc) is 2.42. The highest BCUT2D eigenvalue weighted by atomic mass is 16.4. The predicted octanol–water partition coefficient (Wildman–Crippen LogP) is 2.47. The van der Waals surface area contributed by atoms with Crippen LogP contribution in [0.3, 0.4) is 0 Å². The Bertz CT molecular complexity index is 573. The predicted molar refractivity (Wildman–Crippen MR) is 81.7 cm³/mol. The van der Waals surface area contributed by atoms with Gasteiger partial charge in [0, 0.05) is 18.4 Å². The minimum atomic E-state index is -0.907. The molecule has 5 heteroatoms. The van der Waals surface area contributed by atoms with Gasteiger partial charge in [0.2, 0.25) is 5.91 Å². The molecule has 1 fully saturated rings. The van der Waals surface area contributed by atoms with Crippen molar-refractivity contribution in [2.45, 2.75) is 51.0 Å². The van der Waals surface area contributed by atoms with Gasteiger partial charge in [0.1, 0.15) is 0 Å². The maximum atomic E-state index is 12.0. The van der Waals surface area contributed by atoms with Crippen molar-refractivity contribution in [1.29, 1.82) is 0 Å². The van der Waals surface area contributed by atoms with E-state index in [1.54, 1.807) is 12.1 Å². The third kappa shape index (κ3) is 4.16. The topological polar surface area (TPSA) is 83.5 Å². The summed E-state index contributed by atoms with van der Waals surface area (Å²) >= 11 is 0. The van der Waals surface area contributed by atoms with Crippen LogP contribution in [0, 0.1) is 6.92 Å². The monoisotopic (exact) mass is 303 g/mol. The van der Waals surface area contributed by atoms with Gasteiger partial charge in [0.05, 0.1) is 12.0 Å². The van der Waals surface area contributed by atoms with Crippen molar-refractivity contribution < 1.29 is 19.5 Å². The number of hydrogen-bond acceptors (Lipinski definition) is 3. The van der Waals surface area contributed by atoms with Crippen LogP contribution in [0.4, 0.5) is 0 Å². The molecule has 0 aromatic heterocycles. The van der Waals surface area contributed by atoms with E-state index in [2.05, 4.69) is 5.32 Å². The number of carbonyl (C=O) groups excluding carboxylic acids is 2. The Hall–Kier alpha value is -2.17. The molecular weight excluding hydrogens is 282 g/mol. The van der Waals surface area contributed by atoms with Gasteiger partial charge in [-0.15, -0.1) is 0 Å². The van der Waals surface area contributed by atoms with Gasteiger partial charge in [0.25, 0.3) is 0 Å². The number of Topliss-reactive ketones (excluding diaryl/α,β-unsaturated/α-hetero) is 1. The number of aliphatic carboxylic acids is 1. The lowest BCUT2D eigenvalue weighted by atomic mass is 9.74. The van der Waals surface area contributed by atoms with Crippen molar-refractivity contribution in [3.8, 4) is 0 Å². The quantitative estimate of drug-likeness (QED) is 0.758. The highest BCUT2D eigenvalue weighted by molar-refractivity contribution is 5.98. The SMILES string of the molecule is Cc1ccc(C(=O)CCC(=O)NC2(CC(=O)O)CCC2)cc1. The zero-order valence-electron chi connectivity index (χ0n) is 12.7. The van der Waals surface area contributed by atoms with Gasteiger partial charge in [-0.05, 0) is 26.2 Å². The third-order valence-corrected chi connectivity index (χ3v) is 4.16. The molecule has 2 rings (SSSR count). The molecule has 0 saturated heterocycles.